The third kappa shape index (κ3) is 6.60. The van der Waals surface area contributed by atoms with E-state index in [4.69, 9.17) is 4.42 Å². The van der Waals surface area contributed by atoms with Gasteiger partial charge >= 0.3 is 0 Å². The quantitative estimate of drug-likeness (QED) is 0.165. The van der Waals surface area contributed by atoms with Gasteiger partial charge in [0, 0.05) is 33.7 Å². The Labute approximate surface area is 377 Å². The fourth-order valence-electron chi connectivity index (χ4n) is 10.8. The average molecular weight is 829 g/mol. The number of furan rings is 1. The van der Waals surface area contributed by atoms with E-state index in [1.165, 1.54) is 89.3 Å². The molecule has 0 amide bonds. The van der Waals surface area contributed by atoms with Gasteiger partial charge in [0.1, 0.15) is 5.58 Å². The molecule has 320 valence electrons. The molecule has 7 aromatic rings. The van der Waals surface area contributed by atoms with E-state index in [-0.39, 0.29) is 33.8 Å². The summed E-state index contributed by atoms with van der Waals surface area (Å²) in [6, 6.07) is 44.6. The smallest absolute Gasteiger partial charge is 0.297 e. The maximum absolute atomic E-state index is 7.54. The average Bonchev–Trinajstić information content (AvgIpc) is 3.59. The Kier molecular flexibility index (Phi) is 9.07. The molecule has 3 nitrogen and oxygen atoms in total. The first-order valence-electron chi connectivity index (χ1n) is 23.3. The molecule has 4 heteroatoms. The lowest BCUT2D eigenvalue weighted by atomic mass is 9.35. The molecule has 0 saturated heterocycles. The topological polar surface area (TPSA) is 19.6 Å². The van der Waals surface area contributed by atoms with Gasteiger partial charge in [0.25, 0.3) is 6.71 Å². The zero-order valence-corrected chi connectivity index (χ0v) is 40.3. The van der Waals surface area contributed by atoms with E-state index in [0.29, 0.717) is 0 Å². The molecular weight excluding hydrogens is 763 g/mol. The Balaban J connectivity index is 1.33. The van der Waals surface area contributed by atoms with Crippen molar-refractivity contribution in [1.82, 2.24) is 0 Å². The van der Waals surface area contributed by atoms with Gasteiger partial charge in [-0.25, -0.2) is 0 Å². The Hall–Kier alpha value is -5.48. The first-order chi connectivity index (χ1) is 29.5. The molecule has 3 heterocycles. The summed E-state index contributed by atoms with van der Waals surface area (Å²) in [7, 11) is 0. The summed E-state index contributed by atoms with van der Waals surface area (Å²) >= 11 is 0. The van der Waals surface area contributed by atoms with E-state index in [0.717, 1.165) is 29.8 Å². The number of aryl methyl sites for hydroxylation is 1. The van der Waals surface area contributed by atoms with E-state index in [9.17, 15) is 0 Å². The highest BCUT2D eigenvalue weighted by atomic mass is 16.3. The lowest BCUT2D eigenvalue weighted by Crippen LogP contribution is -2.61. The first kappa shape index (κ1) is 41.5. The minimum absolute atomic E-state index is 0.0124. The molecule has 10 rings (SSSR count). The van der Waals surface area contributed by atoms with Crippen molar-refractivity contribution < 1.29 is 4.42 Å². The van der Waals surface area contributed by atoms with Crippen molar-refractivity contribution in [2.24, 2.45) is 0 Å². The predicted molar refractivity (Wildman–Crippen MR) is 272 cm³/mol. The van der Waals surface area contributed by atoms with E-state index < -0.39 is 0 Å². The monoisotopic (exact) mass is 829 g/mol. The minimum atomic E-state index is -0.122. The molecule has 1 aromatic heterocycles. The third-order valence-corrected chi connectivity index (χ3v) is 14.8. The molecule has 0 saturated carbocycles. The van der Waals surface area contributed by atoms with Gasteiger partial charge in [0.15, 0.2) is 0 Å². The van der Waals surface area contributed by atoms with Crippen molar-refractivity contribution in [2.45, 2.75) is 137 Å². The second kappa shape index (κ2) is 13.8. The molecule has 6 aromatic carbocycles. The molecule has 0 spiro atoms. The number of hydrogen-bond donors (Lipinski definition) is 0. The largest absolute Gasteiger partial charge is 0.468 e. The highest BCUT2D eigenvalue weighted by Crippen LogP contribution is 2.52. The van der Waals surface area contributed by atoms with Crippen LogP contribution in [0.5, 0.6) is 0 Å². The molecular formula is C59H65BN2O. The van der Waals surface area contributed by atoms with Crippen molar-refractivity contribution in [3.8, 4) is 11.1 Å². The summed E-state index contributed by atoms with van der Waals surface area (Å²) < 4.78 is 7.54. The summed E-state index contributed by atoms with van der Waals surface area (Å²) in [4.78, 5) is 5.14. The van der Waals surface area contributed by atoms with Gasteiger partial charge in [0.2, 0.25) is 0 Å². The Bertz CT molecular complexity index is 2960. The van der Waals surface area contributed by atoms with Crippen LogP contribution in [0.25, 0.3) is 22.1 Å². The molecule has 0 atom stereocenters. The fourth-order valence-corrected chi connectivity index (χ4v) is 10.8. The number of nitrogens with zero attached hydrogens (tertiary/aromatic N) is 2. The van der Waals surface area contributed by atoms with Gasteiger partial charge in [-0.15, -0.1) is 0 Å². The van der Waals surface area contributed by atoms with E-state index in [1.807, 2.05) is 0 Å². The van der Waals surface area contributed by atoms with Gasteiger partial charge in [-0.05, 0) is 151 Å². The van der Waals surface area contributed by atoms with Crippen LogP contribution in [0.1, 0.15) is 136 Å². The van der Waals surface area contributed by atoms with Crippen LogP contribution >= 0.6 is 0 Å². The van der Waals surface area contributed by atoms with Crippen molar-refractivity contribution in [2.75, 3.05) is 9.80 Å². The standard InChI is InChI=1S/C59H65BN2O/c1-36-30-49-52-50(31-36)62(47-26-22-39(56(5,6)7)32-42(47)37-18-16-15-17-19-37)48-27-23-40(57(8,9)10)33-46(48)60(52)54-53(61(49)41-24-20-38(21-25-41)55(2,3)4)43-34-44-45(35-51(43)63-54)59(13,14)29-28-58(44,11)12/h15-27,30-35H,28-29H2,1-14H3. The van der Waals surface area contributed by atoms with E-state index >= 15 is 0 Å². The number of anilines is 6. The van der Waals surface area contributed by atoms with Crippen LogP contribution < -0.4 is 26.4 Å². The maximum Gasteiger partial charge on any atom is 0.297 e. The van der Waals surface area contributed by atoms with Gasteiger partial charge in [-0.2, -0.15) is 0 Å². The van der Waals surface area contributed by atoms with Gasteiger partial charge < -0.3 is 14.2 Å². The molecule has 0 fully saturated rings. The van der Waals surface area contributed by atoms with Crippen LogP contribution in [-0.4, -0.2) is 6.71 Å². The molecule has 2 aliphatic heterocycles. The zero-order valence-electron chi connectivity index (χ0n) is 40.3. The normalized spacial score (nSPS) is 16.4. The SMILES string of the molecule is Cc1cc2c3c(c1)N(c1ccc(C(C)(C)C)cc1)c1c(oc4cc5c(cc14)C(C)(C)CCC5(C)C)B3c1cc(C(C)(C)C)ccc1N2c1ccc(C(C)(C)C)cc1-c1ccccc1. The van der Waals surface area contributed by atoms with Crippen molar-refractivity contribution in [3.63, 3.8) is 0 Å². The van der Waals surface area contributed by atoms with Crippen LogP contribution in [0.15, 0.2) is 120 Å². The molecule has 1 aliphatic carbocycles. The molecule has 0 radical (unpaired) electrons. The van der Waals surface area contributed by atoms with Gasteiger partial charge in [-0.3, -0.25) is 0 Å². The molecule has 0 unspecified atom stereocenters. The van der Waals surface area contributed by atoms with Crippen LogP contribution in [-0.2, 0) is 27.1 Å². The summed E-state index contributed by atoms with van der Waals surface area (Å²) in [5.74, 6) is 0. The lowest BCUT2D eigenvalue weighted by Gasteiger charge is -2.44. The third-order valence-electron chi connectivity index (χ3n) is 14.8. The first-order valence-corrected chi connectivity index (χ1v) is 23.3. The number of rotatable bonds is 3. The zero-order chi connectivity index (χ0) is 44.8. The highest BCUT2D eigenvalue weighted by Gasteiger charge is 2.48. The highest BCUT2D eigenvalue weighted by molar-refractivity contribution is 7.00. The lowest BCUT2D eigenvalue weighted by molar-refractivity contribution is 0.332. The van der Waals surface area contributed by atoms with Gasteiger partial charge in [-0.1, -0.05) is 151 Å². The summed E-state index contributed by atoms with van der Waals surface area (Å²) in [6.45, 7) is 32.7. The molecule has 0 bridgehead atoms. The summed E-state index contributed by atoms with van der Waals surface area (Å²) in [6.07, 6.45) is 2.31. The summed E-state index contributed by atoms with van der Waals surface area (Å²) in [5.41, 5.74) is 22.3. The number of benzene rings is 6. The van der Waals surface area contributed by atoms with E-state index in [2.05, 4.69) is 222 Å². The molecule has 63 heavy (non-hydrogen) atoms. The van der Waals surface area contributed by atoms with Crippen LogP contribution in [0.2, 0.25) is 0 Å². The van der Waals surface area contributed by atoms with Gasteiger partial charge in [0.05, 0.1) is 17.0 Å². The number of hydrogen-bond acceptors (Lipinski definition) is 3. The molecule has 3 aliphatic rings. The second-order valence-electron chi connectivity index (χ2n) is 23.5. The van der Waals surface area contributed by atoms with Crippen molar-refractivity contribution in [1.29, 1.82) is 0 Å². The van der Waals surface area contributed by atoms with E-state index in [1.54, 1.807) is 0 Å². The second-order valence-corrected chi connectivity index (χ2v) is 23.5. The predicted octanol–water partition coefficient (Wildman–Crippen LogP) is 14.7. The van der Waals surface area contributed by atoms with Crippen LogP contribution in [0.3, 0.4) is 0 Å². The fraction of sp³-hybridized carbons (Fsp3) is 0.356. The van der Waals surface area contributed by atoms with Crippen LogP contribution in [0, 0.1) is 6.92 Å². The van der Waals surface area contributed by atoms with Crippen molar-refractivity contribution >= 4 is 68.4 Å². The number of fused-ring (bicyclic) bond motifs is 7. The maximum atomic E-state index is 7.54. The Morgan fingerprint density at radius 2 is 1.08 bits per heavy atom. The summed E-state index contributed by atoms with van der Waals surface area (Å²) in [5, 5.41) is 1.20. The molecule has 0 N–H and O–H groups in total. The van der Waals surface area contributed by atoms with Crippen molar-refractivity contribution in [3.05, 3.63) is 149 Å². The van der Waals surface area contributed by atoms with Crippen LogP contribution in [0.4, 0.5) is 34.1 Å². The minimum Gasteiger partial charge on any atom is -0.468 e. The Morgan fingerprint density at radius 3 is 1.68 bits per heavy atom. The Morgan fingerprint density at radius 1 is 0.540 bits per heavy atom.